The number of fused-ring (bicyclic) bond motifs is 3. The number of rotatable bonds is 4. The zero-order valence-corrected chi connectivity index (χ0v) is 21.8. The minimum atomic E-state index is -2.15. The molecule has 0 amide bonds. The van der Waals surface area contributed by atoms with E-state index in [2.05, 4.69) is 36.5 Å². The molecule has 0 aromatic carbocycles. The first-order chi connectivity index (χ1) is 10.1. The number of hydrogen-bond donors (Lipinski definition) is 0. The molecule has 4 heteroatoms. The van der Waals surface area contributed by atoms with Gasteiger partial charge < -0.3 is 0 Å². The van der Waals surface area contributed by atoms with Gasteiger partial charge in [0.2, 0.25) is 0 Å². The van der Waals surface area contributed by atoms with Crippen LogP contribution >= 0.6 is 0 Å². The van der Waals surface area contributed by atoms with Crippen molar-refractivity contribution < 1.29 is 3.07 Å². The van der Waals surface area contributed by atoms with Gasteiger partial charge in [-0.2, -0.15) is 0 Å². The van der Waals surface area contributed by atoms with E-state index in [0.717, 1.165) is 25.1 Å². The van der Waals surface area contributed by atoms with Crippen LogP contribution in [0.1, 0.15) is 38.5 Å². The van der Waals surface area contributed by atoms with Crippen molar-refractivity contribution in [3.05, 3.63) is 9.06 Å². The van der Waals surface area contributed by atoms with Crippen LogP contribution < -0.4 is 0 Å². The summed E-state index contributed by atoms with van der Waals surface area (Å²) in [5, 5.41) is 0. The topological polar surface area (TPSA) is 9.23 Å². The summed E-state index contributed by atoms with van der Waals surface area (Å²) in [6.07, 6.45) is 8.81. The molecule has 22 heavy (non-hydrogen) atoms. The molecule has 1 nitrogen and oxygen atoms in total. The summed E-state index contributed by atoms with van der Waals surface area (Å²) in [7, 11) is 0. The van der Waals surface area contributed by atoms with Crippen molar-refractivity contribution in [2.45, 2.75) is 80.8 Å². The number of allylic oxidation sites excluding steroid dienone is 1. The van der Waals surface area contributed by atoms with Gasteiger partial charge in [0, 0.05) is 0 Å². The molecule has 2 saturated heterocycles. The van der Waals surface area contributed by atoms with Gasteiger partial charge in [0.1, 0.15) is 0 Å². The fourth-order valence-electron chi connectivity index (χ4n) is 4.52. The molecular formula is C18H37BOSn2. The molecule has 2 fully saturated rings. The van der Waals surface area contributed by atoms with Gasteiger partial charge in [0.25, 0.3) is 0 Å². The minimum absolute atomic E-state index is 0.833. The van der Waals surface area contributed by atoms with E-state index in [1.807, 2.05) is 9.06 Å². The molecule has 126 valence electrons. The first-order valence-electron chi connectivity index (χ1n) is 9.47. The predicted molar refractivity (Wildman–Crippen MR) is 106 cm³/mol. The van der Waals surface area contributed by atoms with Crippen LogP contribution in [-0.4, -0.2) is 50.5 Å². The molecule has 0 aromatic heterocycles. The van der Waals surface area contributed by atoms with Gasteiger partial charge in [-0.3, -0.25) is 0 Å². The Hall–Kier alpha value is 1.36. The summed E-state index contributed by atoms with van der Waals surface area (Å²) in [5.74, 6) is 1.86. The Bertz CT molecular complexity index is 406. The molecule has 0 spiro atoms. The molecule has 2 aliphatic heterocycles. The third-order valence-corrected chi connectivity index (χ3v) is 15.1. The van der Waals surface area contributed by atoms with Crippen LogP contribution in [0.5, 0.6) is 0 Å². The molecular weight excluding hydrogens is 480 g/mol. The molecule has 0 atom stereocenters. The van der Waals surface area contributed by atoms with Crippen molar-refractivity contribution in [1.82, 2.24) is 0 Å². The molecule has 0 aromatic rings. The van der Waals surface area contributed by atoms with Crippen LogP contribution in [0, 0.1) is 5.92 Å². The quantitative estimate of drug-likeness (QED) is 0.414. The molecule has 0 N–H and O–H groups in total. The third-order valence-electron chi connectivity index (χ3n) is 5.80. The zero-order chi connectivity index (χ0) is 16.5. The number of hydrogen-bond acceptors (Lipinski definition) is 1. The fourth-order valence-corrected chi connectivity index (χ4v) is 12.5. The molecule has 2 rings (SSSR count). The predicted octanol–water partition coefficient (Wildman–Crippen LogP) is 6.03. The van der Waals surface area contributed by atoms with Gasteiger partial charge in [-0.05, 0) is 0 Å². The molecule has 2 bridgehead atoms. The Morgan fingerprint density at radius 1 is 1.00 bits per heavy atom. The average molecular weight is 518 g/mol. The summed E-state index contributed by atoms with van der Waals surface area (Å²) < 4.78 is 8.38. The molecule has 0 radical (unpaired) electrons. The van der Waals surface area contributed by atoms with Crippen molar-refractivity contribution in [1.29, 1.82) is 0 Å². The Morgan fingerprint density at radius 3 is 2.00 bits per heavy atom. The van der Waals surface area contributed by atoms with E-state index in [1.165, 1.54) is 38.5 Å². The first-order valence-corrected chi connectivity index (χ1v) is 29.2. The van der Waals surface area contributed by atoms with Crippen LogP contribution in [0.3, 0.4) is 0 Å². The fraction of sp³-hybridized carbons (Fsp3) is 0.889. The molecule has 0 aliphatic carbocycles. The normalized spacial score (nSPS) is 29.3. The van der Waals surface area contributed by atoms with Gasteiger partial charge in [-0.25, -0.2) is 0 Å². The molecule has 0 unspecified atom stereocenters. The zero-order valence-electron chi connectivity index (χ0n) is 16.1. The standard InChI is InChI=1S/C12H19BO.6CH3.2Sn/c1-13-11-6-2-4-10(5-3-7-11)12(13)8-9-14;;;;;;;;/h10-11H,2-7,9H2,1H3;6*1H3;;/q-1;;;;;;;;+1. The van der Waals surface area contributed by atoms with Crippen molar-refractivity contribution in [3.63, 3.8) is 0 Å². The molecule has 2 heterocycles. The maximum absolute atomic E-state index is 6.51. The first kappa shape index (κ1) is 19.7. The summed E-state index contributed by atoms with van der Waals surface area (Å²) in [6.45, 7) is 4.39. The van der Waals surface area contributed by atoms with Crippen molar-refractivity contribution in [3.8, 4) is 0 Å². The van der Waals surface area contributed by atoms with E-state index >= 15 is 0 Å². The van der Waals surface area contributed by atoms with Crippen LogP contribution in [0.2, 0.25) is 42.3 Å². The van der Waals surface area contributed by atoms with E-state index in [4.69, 9.17) is 3.07 Å². The second-order valence-electron chi connectivity index (χ2n) is 9.69. The van der Waals surface area contributed by atoms with Gasteiger partial charge in [0.15, 0.2) is 0 Å². The second kappa shape index (κ2) is 7.72. The summed E-state index contributed by atoms with van der Waals surface area (Å²) in [5.41, 5.74) is 1.92. The van der Waals surface area contributed by atoms with Gasteiger partial charge in [-0.1, -0.05) is 0 Å². The van der Waals surface area contributed by atoms with Crippen LogP contribution in [0.25, 0.3) is 0 Å². The molecule has 2 aliphatic rings. The Labute approximate surface area is 148 Å². The van der Waals surface area contributed by atoms with Crippen LogP contribution in [-0.2, 0) is 3.07 Å². The van der Waals surface area contributed by atoms with E-state index in [1.54, 1.807) is 0 Å². The Balaban J connectivity index is 2.41. The van der Waals surface area contributed by atoms with E-state index in [9.17, 15) is 0 Å². The van der Waals surface area contributed by atoms with E-state index < -0.39 is 37.2 Å². The monoisotopic (exact) mass is 520 g/mol. The van der Waals surface area contributed by atoms with Crippen molar-refractivity contribution >= 4 is 43.9 Å². The maximum atomic E-state index is 6.51. The van der Waals surface area contributed by atoms with E-state index in [0.29, 0.717) is 0 Å². The van der Waals surface area contributed by atoms with Crippen LogP contribution in [0.15, 0.2) is 9.06 Å². The summed E-state index contributed by atoms with van der Waals surface area (Å²) >= 11 is -4.26. The summed E-state index contributed by atoms with van der Waals surface area (Å²) in [6, 6.07) is 0. The Morgan fingerprint density at radius 2 is 1.55 bits per heavy atom. The van der Waals surface area contributed by atoms with Crippen molar-refractivity contribution in [2.75, 3.05) is 6.61 Å². The second-order valence-corrected chi connectivity index (χ2v) is 37.1. The SMILES string of the molecule is CB1/C(=[C](/C[O][Sn]([CH3])([CH3])[CH3])[Sn]([CH3])([CH3])[CH3])C2CCCC1CCC2. The molecule has 0 saturated carbocycles. The van der Waals surface area contributed by atoms with Crippen molar-refractivity contribution in [2.24, 2.45) is 5.92 Å². The van der Waals surface area contributed by atoms with Crippen LogP contribution in [0.4, 0.5) is 0 Å². The average Bonchev–Trinajstić information content (AvgIpc) is 2.54. The van der Waals surface area contributed by atoms with Gasteiger partial charge >= 0.3 is 149 Å². The van der Waals surface area contributed by atoms with E-state index in [-0.39, 0.29) is 0 Å². The Kier molecular flexibility index (Phi) is 6.91. The van der Waals surface area contributed by atoms with Gasteiger partial charge in [-0.15, -0.1) is 0 Å². The third kappa shape index (κ3) is 5.18. The van der Waals surface area contributed by atoms with Gasteiger partial charge in [0.05, 0.1) is 0 Å². The summed E-state index contributed by atoms with van der Waals surface area (Å²) in [4.78, 5) is 15.1.